The Balaban J connectivity index is 1.74. The van der Waals surface area contributed by atoms with E-state index in [9.17, 15) is 14.0 Å². The highest BCUT2D eigenvalue weighted by Crippen LogP contribution is 2.39. The molecule has 0 saturated carbocycles. The van der Waals surface area contributed by atoms with Crippen LogP contribution >= 0.6 is 0 Å². The molecule has 4 aromatic rings. The molecule has 36 heavy (non-hydrogen) atoms. The minimum atomic E-state index is -0.523. The van der Waals surface area contributed by atoms with E-state index in [4.69, 9.17) is 9.47 Å². The summed E-state index contributed by atoms with van der Waals surface area (Å²) in [5.74, 6) is -0.604. The number of carbonyl (C=O) groups is 2. The summed E-state index contributed by atoms with van der Waals surface area (Å²) in [5.41, 5.74) is 3.45. The first-order valence-corrected chi connectivity index (χ1v) is 11.4. The topological polar surface area (TPSA) is 82.4 Å². The second kappa shape index (κ2) is 10.4. The van der Waals surface area contributed by atoms with Gasteiger partial charge in [0, 0.05) is 12.6 Å². The molecular formula is C28H26FN3O4. The van der Waals surface area contributed by atoms with E-state index < -0.39 is 11.8 Å². The molecule has 1 aromatic heterocycles. The van der Waals surface area contributed by atoms with Crippen LogP contribution in [0.4, 0.5) is 10.1 Å². The molecule has 1 heterocycles. The Morgan fingerprint density at radius 2 is 1.72 bits per heavy atom. The zero-order valence-electron chi connectivity index (χ0n) is 20.4. The molecule has 0 aliphatic heterocycles. The van der Waals surface area contributed by atoms with Crippen molar-refractivity contribution in [1.82, 2.24) is 9.78 Å². The predicted octanol–water partition coefficient (Wildman–Crippen LogP) is 5.99. The van der Waals surface area contributed by atoms with E-state index in [2.05, 4.69) is 10.4 Å². The number of methoxy groups -OCH3 is 1. The quantitative estimate of drug-likeness (QED) is 0.324. The molecule has 0 unspecified atom stereocenters. The standard InChI is InChI=1S/C28H26FN3O4/c1-17(2)26-25(28(36-18(3)33)32(31-26)22-9-7-8-20(29)16-22)19-12-14-21(15-13-19)30-27(34)23-10-5-6-11-24(23)35-4/h5-17H,1-4H3,(H,30,34). The fourth-order valence-electron chi connectivity index (χ4n) is 3.86. The lowest BCUT2D eigenvalue weighted by molar-refractivity contribution is -0.132. The number of ether oxygens (including phenoxy) is 2. The zero-order valence-corrected chi connectivity index (χ0v) is 20.4. The Labute approximate surface area is 208 Å². The molecule has 0 radical (unpaired) electrons. The van der Waals surface area contributed by atoms with E-state index in [1.165, 1.54) is 30.8 Å². The van der Waals surface area contributed by atoms with Crippen LogP contribution in [-0.2, 0) is 4.79 Å². The summed E-state index contributed by atoms with van der Waals surface area (Å²) >= 11 is 0. The van der Waals surface area contributed by atoms with Crippen molar-refractivity contribution in [2.24, 2.45) is 0 Å². The molecule has 7 nitrogen and oxygen atoms in total. The first-order valence-electron chi connectivity index (χ1n) is 11.4. The monoisotopic (exact) mass is 487 g/mol. The number of aromatic nitrogens is 2. The minimum absolute atomic E-state index is 0.0194. The Morgan fingerprint density at radius 1 is 1.00 bits per heavy atom. The van der Waals surface area contributed by atoms with Crippen LogP contribution in [0.25, 0.3) is 16.8 Å². The molecular weight excluding hydrogens is 461 g/mol. The van der Waals surface area contributed by atoms with Crippen molar-refractivity contribution in [1.29, 1.82) is 0 Å². The first-order chi connectivity index (χ1) is 17.3. The number of nitrogens with zero attached hydrogens (tertiary/aromatic N) is 2. The van der Waals surface area contributed by atoms with E-state index in [0.29, 0.717) is 33.9 Å². The second-order valence-corrected chi connectivity index (χ2v) is 8.44. The van der Waals surface area contributed by atoms with Crippen molar-refractivity contribution in [3.8, 4) is 28.4 Å². The highest BCUT2D eigenvalue weighted by molar-refractivity contribution is 6.06. The number of esters is 1. The van der Waals surface area contributed by atoms with Crippen molar-refractivity contribution in [3.05, 3.63) is 89.9 Å². The number of amides is 1. The van der Waals surface area contributed by atoms with Crippen LogP contribution in [0.1, 0.15) is 42.7 Å². The largest absolute Gasteiger partial charge is 0.496 e. The van der Waals surface area contributed by atoms with Crippen LogP contribution in [0.3, 0.4) is 0 Å². The van der Waals surface area contributed by atoms with E-state index in [0.717, 1.165) is 5.56 Å². The van der Waals surface area contributed by atoms with E-state index in [-0.39, 0.29) is 17.7 Å². The molecule has 184 valence electrons. The maximum absolute atomic E-state index is 14.0. The molecule has 0 fully saturated rings. The van der Waals surface area contributed by atoms with Gasteiger partial charge in [-0.1, -0.05) is 44.2 Å². The van der Waals surface area contributed by atoms with Crippen LogP contribution in [0, 0.1) is 5.82 Å². The van der Waals surface area contributed by atoms with Gasteiger partial charge in [0.25, 0.3) is 5.91 Å². The molecule has 3 aromatic carbocycles. The number of nitrogens with one attached hydrogen (secondary N) is 1. The van der Waals surface area contributed by atoms with Gasteiger partial charge < -0.3 is 14.8 Å². The van der Waals surface area contributed by atoms with E-state index in [1.54, 1.807) is 48.5 Å². The van der Waals surface area contributed by atoms with Gasteiger partial charge in [-0.15, -0.1) is 0 Å². The number of hydrogen-bond acceptors (Lipinski definition) is 5. The third-order valence-electron chi connectivity index (χ3n) is 5.49. The van der Waals surface area contributed by atoms with Gasteiger partial charge in [-0.25, -0.2) is 4.39 Å². The maximum atomic E-state index is 14.0. The van der Waals surface area contributed by atoms with Crippen LogP contribution in [0.5, 0.6) is 11.6 Å². The Kier molecular flexibility index (Phi) is 7.15. The number of para-hydroxylation sites is 1. The highest BCUT2D eigenvalue weighted by atomic mass is 19.1. The second-order valence-electron chi connectivity index (χ2n) is 8.44. The number of halogens is 1. The molecule has 0 saturated heterocycles. The molecule has 1 amide bonds. The lowest BCUT2D eigenvalue weighted by Crippen LogP contribution is -2.13. The fourth-order valence-corrected chi connectivity index (χ4v) is 3.86. The smallest absolute Gasteiger partial charge is 0.309 e. The van der Waals surface area contributed by atoms with Crippen molar-refractivity contribution >= 4 is 17.6 Å². The fraction of sp³-hybridized carbons (Fsp3) is 0.179. The summed E-state index contributed by atoms with van der Waals surface area (Å²) in [5, 5.41) is 7.54. The third-order valence-corrected chi connectivity index (χ3v) is 5.49. The van der Waals surface area contributed by atoms with Crippen molar-refractivity contribution < 1.29 is 23.5 Å². The van der Waals surface area contributed by atoms with Gasteiger partial charge in [0.1, 0.15) is 11.6 Å². The van der Waals surface area contributed by atoms with Gasteiger partial charge >= 0.3 is 5.97 Å². The normalized spacial score (nSPS) is 10.8. The number of hydrogen-bond donors (Lipinski definition) is 1. The molecule has 0 spiro atoms. The van der Waals surface area contributed by atoms with Crippen LogP contribution in [0.2, 0.25) is 0 Å². The molecule has 1 N–H and O–H groups in total. The predicted molar refractivity (Wildman–Crippen MR) is 135 cm³/mol. The summed E-state index contributed by atoms with van der Waals surface area (Å²) in [6.45, 7) is 5.25. The van der Waals surface area contributed by atoms with Crippen LogP contribution < -0.4 is 14.8 Å². The lowest BCUT2D eigenvalue weighted by Gasteiger charge is -2.12. The van der Waals surface area contributed by atoms with Gasteiger partial charge in [0.15, 0.2) is 0 Å². The Morgan fingerprint density at radius 3 is 2.36 bits per heavy atom. The summed E-state index contributed by atoms with van der Waals surface area (Å²) < 4.78 is 26.3. The molecule has 4 rings (SSSR count). The first kappa shape index (κ1) is 24.7. The minimum Gasteiger partial charge on any atom is -0.496 e. The van der Waals surface area contributed by atoms with Gasteiger partial charge in [0.05, 0.1) is 29.6 Å². The average Bonchev–Trinajstić information content (AvgIpc) is 3.23. The summed E-state index contributed by atoms with van der Waals surface area (Å²) in [7, 11) is 1.51. The van der Waals surface area contributed by atoms with Crippen LogP contribution in [-0.4, -0.2) is 28.8 Å². The summed E-state index contributed by atoms with van der Waals surface area (Å²) in [4.78, 5) is 24.8. The van der Waals surface area contributed by atoms with Gasteiger partial charge in [-0.05, 0) is 53.9 Å². The summed E-state index contributed by atoms with van der Waals surface area (Å²) in [6, 6.07) is 20.0. The number of benzene rings is 3. The van der Waals surface area contributed by atoms with Crippen LogP contribution in [0.15, 0.2) is 72.8 Å². The zero-order chi connectivity index (χ0) is 25.8. The number of anilines is 1. The van der Waals surface area contributed by atoms with Gasteiger partial charge in [-0.2, -0.15) is 9.78 Å². The number of rotatable bonds is 7. The highest BCUT2D eigenvalue weighted by Gasteiger charge is 2.25. The molecule has 0 bridgehead atoms. The van der Waals surface area contributed by atoms with Gasteiger partial charge in [0.2, 0.25) is 5.88 Å². The van der Waals surface area contributed by atoms with Crippen molar-refractivity contribution in [2.75, 3.05) is 12.4 Å². The van der Waals surface area contributed by atoms with E-state index in [1.807, 2.05) is 26.0 Å². The van der Waals surface area contributed by atoms with Crippen molar-refractivity contribution in [3.63, 3.8) is 0 Å². The lowest BCUT2D eigenvalue weighted by atomic mass is 9.99. The molecule has 0 atom stereocenters. The summed E-state index contributed by atoms with van der Waals surface area (Å²) in [6.07, 6.45) is 0. The molecule has 8 heteroatoms. The van der Waals surface area contributed by atoms with Gasteiger partial charge in [-0.3, -0.25) is 9.59 Å². The maximum Gasteiger partial charge on any atom is 0.309 e. The average molecular weight is 488 g/mol. The molecule has 0 aliphatic carbocycles. The van der Waals surface area contributed by atoms with E-state index >= 15 is 0 Å². The Hall–Kier alpha value is -4.46. The Bertz CT molecular complexity index is 1410. The SMILES string of the molecule is COc1ccccc1C(=O)Nc1ccc(-c2c(C(C)C)nn(-c3cccc(F)c3)c2OC(C)=O)cc1. The molecule has 0 aliphatic rings. The van der Waals surface area contributed by atoms with Crippen molar-refractivity contribution in [2.45, 2.75) is 26.7 Å². The number of carbonyl (C=O) groups excluding carboxylic acids is 2. The third kappa shape index (κ3) is 5.12.